The average Bonchev–Trinajstić information content (AvgIpc) is 2.85. The zero-order valence-corrected chi connectivity index (χ0v) is 15.0. The van der Waals surface area contributed by atoms with Crippen LogP contribution in [0.4, 0.5) is 0 Å². The number of benzene rings is 2. The highest BCUT2D eigenvalue weighted by molar-refractivity contribution is 7.19. The van der Waals surface area contributed by atoms with E-state index in [2.05, 4.69) is 6.92 Å². The maximum Gasteiger partial charge on any atom is 0.337 e. The largest absolute Gasteiger partial charge is 0.465 e. The average molecular weight is 365 g/mol. The predicted molar refractivity (Wildman–Crippen MR) is 97.2 cm³/mol. The number of hydrogen-bond acceptors (Lipinski definition) is 3. The summed E-state index contributed by atoms with van der Waals surface area (Å²) in [4.78, 5) is 13.0. The highest BCUT2D eigenvalue weighted by Crippen LogP contribution is 2.34. The number of thiophene rings is 1. The Labute approximate surface area is 148 Å². The number of fused-ring (bicyclic) bond motifs is 1. The van der Waals surface area contributed by atoms with Gasteiger partial charge in [0.1, 0.15) is 0 Å². The molecule has 118 valence electrons. The zero-order valence-electron chi connectivity index (χ0n) is 12.7. The first-order valence-electron chi connectivity index (χ1n) is 7.04. The fraction of sp³-hybridized carbons (Fsp3) is 0.167. The third kappa shape index (κ3) is 3.23. The Balaban J connectivity index is 2.06. The van der Waals surface area contributed by atoms with Crippen molar-refractivity contribution in [3.8, 4) is 0 Å². The van der Waals surface area contributed by atoms with Crippen LogP contribution in [0.3, 0.4) is 0 Å². The molecule has 0 bridgehead atoms. The summed E-state index contributed by atoms with van der Waals surface area (Å²) >= 11 is 13.8. The summed E-state index contributed by atoms with van der Waals surface area (Å²) in [5.74, 6) is -0.323. The molecule has 3 rings (SSSR count). The molecule has 23 heavy (non-hydrogen) atoms. The number of esters is 1. The lowest BCUT2D eigenvalue weighted by molar-refractivity contribution is 0.0601. The number of carbonyl (C=O) groups excluding carboxylic acids is 1. The van der Waals surface area contributed by atoms with Gasteiger partial charge < -0.3 is 4.74 Å². The predicted octanol–water partition coefficient (Wildman–Crippen LogP) is 5.89. The van der Waals surface area contributed by atoms with Crippen molar-refractivity contribution in [2.75, 3.05) is 7.11 Å². The molecule has 2 aromatic carbocycles. The monoisotopic (exact) mass is 364 g/mol. The molecule has 5 heteroatoms. The normalized spacial score (nSPS) is 11.0. The summed E-state index contributed by atoms with van der Waals surface area (Å²) in [6, 6.07) is 11.3. The SMILES string of the molecule is COC(=O)c1ccc2sc(C)c(Cc3ccc(Cl)c(Cl)c3)c2c1. The molecular formula is C18H14Cl2O2S. The first kappa shape index (κ1) is 16.3. The van der Waals surface area contributed by atoms with Crippen LogP contribution in [-0.4, -0.2) is 13.1 Å². The fourth-order valence-corrected chi connectivity index (χ4v) is 3.97. The van der Waals surface area contributed by atoms with Crippen molar-refractivity contribution in [2.45, 2.75) is 13.3 Å². The number of rotatable bonds is 3. The van der Waals surface area contributed by atoms with Crippen LogP contribution in [0.5, 0.6) is 0 Å². The van der Waals surface area contributed by atoms with E-state index in [9.17, 15) is 4.79 Å². The van der Waals surface area contributed by atoms with Crippen LogP contribution in [0, 0.1) is 6.92 Å². The first-order chi connectivity index (χ1) is 11.0. The van der Waals surface area contributed by atoms with E-state index in [0.717, 1.165) is 22.1 Å². The van der Waals surface area contributed by atoms with Gasteiger partial charge in [-0.15, -0.1) is 11.3 Å². The molecule has 0 aliphatic heterocycles. The lowest BCUT2D eigenvalue weighted by Crippen LogP contribution is -2.00. The molecular weight excluding hydrogens is 351 g/mol. The topological polar surface area (TPSA) is 26.3 Å². The lowest BCUT2D eigenvalue weighted by Gasteiger charge is -2.05. The van der Waals surface area contributed by atoms with E-state index in [0.29, 0.717) is 15.6 Å². The van der Waals surface area contributed by atoms with Crippen LogP contribution in [0.2, 0.25) is 10.0 Å². The van der Waals surface area contributed by atoms with Crippen LogP contribution >= 0.6 is 34.5 Å². The van der Waals surface area contributed by atoms with Gasteiger partial charge >= 0.3 is 5.97 Å². The van der Waals surface area contributed by atoms with Crippen molar-refractivity contribution < 1.29 is 9.53 Å². The van der Waals surface area contributed by atoms with Crippen LogP contribution in [0.1, 0.15) is 26.4 Å². The summed E-state index contributed by atoms with van der Waals surface area (Å²) in [5, 5.41) is 2.19. The molecule has 1 aromatic heterocycles. The number of ether oxygens (including phenoxy) is 1. The summed E-state index contributed by atoms with van der Waals surface area (Å²) in [6.07, 6.45) is 0.743. The maximum absolute atomic E-state index is 11.8. The molecule has 0 atom stereocenters. The van der Waals surface area contributed by atoms with E-state index in [1.54, 1.807) is 17.4 Å². The van der Waals surface area contributed by atoms with Gasteiger partial charge in [-0.05, 0) is 60.2 Å². The van der Waals surface area contributed by atoms with Crippen molar-refractivity contribution in [2.24, 2.45) is 0 Å². The molecule has 3 aromatic rings. The van der Waals surface area contributed by atoms with Crippen LogP contribution in [0.25, 0.3) is 10.1 Å². The molecule has 0 spiro atoms. The fourth-order valence-electron chi connectivity index (χ4n) is 2.59. The van der Waals surface area contributed by atoms with Gasteiger partial charge in [0.05, 0.1) is 22.7 Å². The first-order valence-corrected chi connectivity index (χ1v) is 8.61. The quantitative estimate of drug-likeness (QED) is 0.541. The Morgan fingerprint density at radius 1 is 1.13 bits per heavy atom. The van der Waals surface area contributed by atoms with E-state index >= 15 is 0 Å². The van der Waals surface area contributed by atoms with Crippen molar-refractivity contribution in [1.82, 2.24) is 0 Å². The Hall–Kier alpha value is -1.55. The number of aryl methyl sites for hydroxylation is 1. The standard InChI is InChI=1S/C18H14Cl2O2S/c1-10-13(7-11-3-5-15(19)16(20)8-11)14-9-12(18(21)22-2)4-6-17(14)23-10/h3-6,8-9H,7H2,1-2H3. The number of carbonyl (C=O) groups is 1. The molecule has 0 aliphatic rings. The summed E-state index contributed by atoms with van der Waals surface area (Å²) in [5.41, 5.74) is 2.85. The second kappa shape index (κ2) is 6.52. The molecule has 0 saturated carbocycles. The number of hydrogen-bond donors (Lipinski definition) is 0. The number of halogens is 2. The van der Waals surface area contributed by atoms with Gasteiger partial charge in [-0.2, -0.15) is 0 Å². The van der Waals surface area contributed by atoms with Gasteiger partial charge in [-0.3, -0.25) is 0 Å². The second-order valence-corrected chi connectivity index (χ2v) is 7.34. The molecule has 2 nitrogen and oxygen atoms in total. The highest BCUT2D eigenvalue weighted by atomic mass is 35.5. The third-order valence-electron chi connectivity index (χ3n) is 3.78. The van der Waals surface area contributed by atoms with Crippen LogP contribution in [0.15, 0.2) is 36.4 Å². The minimum atomic E-state index is -0.323. The van der Waals surface area contributed by atoms with E-state index in [1.807, 2.05) is 30.3 Å². The summed E-state index contributed by atoms with van der Waals surface area (Å²) in [6.45, 7) is 2.09. The Bertz CT molecular complexity index is 899. The summed E-state index contributed by atoms with van der Waals surface area (Å²) in [7, 11) is 1.39. The van der Waals surface area contributed by atoms with Crippen molar-refractivity contribution in [3.05, 3.63) is 68.0 Å². The lowest BCUT2D eigenvalue weighted by atomic mass is 10.0. The number of methoxy groups -OCH3 is 1. The van der Waals surface area contributed by atoms with Crippen LogP contribution < -0.4 is 0 Å². The van der Waals surface area contributed by atoms with Gasteiger partial charge in [0, 0.05) is 9.58 Å². The van der Waals surface area contributed by atoms with Gasteiger partial charge in [-0.25, -0.2) is 4.79 Å². The molecule has 0 fully saturated rings. The van der Waals surface area contributed by atoms with E-state index in [-0.39, 0.29) is 5.97 Å². The highest BCUT2D eigenvalue weighted by Gasteiger charge is 2.13. The molecule has 0 N–H and O–H groups in total. The minimum Gasteiger partial charge on any atom is -0.465 e. The van der Waals surface area contributed by atoms with Gasteiger partial charge in [0.25, 0.3) is 0 Å². The van der Waals surface area contributed by atoms with Crippen molar-refractivity contribution >= 4 is 50.6 Å². The zero-order chi connectivity index (χ0) is 16.6. The molecule has 0 saturated heterocycles. The minimum absolute atomic E-state index is 0.323. The van der Waals surface area contributed by atoms with Gasteiger partial charge in [-0.1, -0.05) is 29.3 Å². The Kier molecular flexibility index (Phi) is 4.62. The van der Waals surface area contributed by atoms with Gasteiger partial charge in [0.2, 0.25) is 0 Å². The molecule has 0 amide bonds. The second-order valence-electron chi connectivity index (χ2n) is 5.26. The van der Waals surface area contributed by atoms with Gasteiger partial charge in [0.15, 0.2) is 0 Å². The molecule has 0 unspecified atom stereocenters. The van der Waals surface area contributed by atoms with E-state index in [4.69, 9.17) is 27.9 Å². The van der Waals surface area contributed by atoms with E-state index in [1.165, 1.54) is 17.6 Å². The van der Waals surface area contributed by atoms with Crippen molar-refractivity contribution in [1.29, 1.82) is 0 Å². The Morgan fingerprint density at radius 3 is 2.61 bits per heavy atom. The van der Waals surface area contributed by atoms with Crippen molar-refractivity contribution in [3.63, 3.8) is 0 Å². The van der Waals surface area contributed by atoms with E-state index < -0.39 is 0 Å². The van der Waals surface area contributed by atoms with Crippen LogP contribution in [-0.2, 0) is 11.2 Å². The Morgan fingerprint density at radius 2 is 1.91 bits per heavy atom. The smallest absolute Gasteiger partial charge is 0.337 e. The maximum atomic E-state index is 11.8. The molecule has 1 heterocycles. The summed E-state index contributed by atoms with van der Waals surface area (Å²) < 4.78 is 5.97. The molecule has 0 aliphatic carbocycles. The molecule has 0 radical (unpaired) electrons. The third-order valence-corrected chi connectivity index (χ3v) is 5.65.